The molecule has 0 bridgehead atoms. The van der Waals surface area contributed by atoms with E-state index in [1.54, 1.807) is 6.26 Å². The van der Waals surface area contributed by atoms with Crippen molar-refractivity contribution in [3.05, 3.63) is 36.8 Å². The first-order valence-corrected chi connectivity index (χ1v) is 9.41. The number of amides is 1. The van der Waals surface area contributed by atoms with Gasteiger partial charge in [0.25, 0.3) is 0 Å². The molecule has 0 aromatic carbocycles. The monoisotopic (exact) mass is 346 g/mol. The quantitative estimate of drug-likeness (QED) is 0.805. The van der Waals surface area contributed by atoms with Gasteiger partial charge in [-0.15, -0.1) is 6.58 Å². The van der Waals surface area contributed by atoms with Gasteiger partial charge in [0.15, 0.2) is 0 Å². The first kappa shape index (κ1) is 18.2. The summed E-state index contributed by atoms with van der Waals surface area (Å²) in [5.74, 6) is 1.38. The van der Waals surface area contributed by atoms with Crippen LogP contribution in [0.4, 0.5) is 0 Å². The molecule has 5 heteroatoms. The van der Waals surface area contributed by atoms with Crippen molar-refractivity contribution in [3.8, 4) is 0 Å². The van der Waals surface area contributed by atoms with E-state index in [2.05, 4.69) is 11.5 Å². The predicted molar refractivity (Wildman–Crippen MR) is 96.9 cm³/mol. The average Bonchev–Trinajstić information content (AvgIpc) is 3.15. The summed E-state index contributed by atoms with van der Waals surface area (Å²) < 4.78 is 5.42. The predicted octanol–water partition coefficient (Wildman–Crippen LogP) is 2.67. The van der Waals surface area contributed by atoms with Gasteiger partial charge in [0, 0.05) is 24.4 Å². The zero-order valence-electron chi connectivity index (χ0n) is 15.0. The van der Waals surface area contributed by atoms with Gasteiger partial charge in [-0.2, -0.15) is 0 Å². The number of furan rings is 1. The van der Waals surface area contributed by atoms with Crippen molar-refractivity contribution in [1.82, 2.24) is 9.80 Å². The van der Waals surface area contributed by atoms with Crippen LogP contribution in [0.25, 0.3) is 0 Å². The fraction of sp³-hybridized carbons (Fsp3) is 0.650. The lowest BCUT2D eigenvalue weighted by Gasteiger charge is -2.43. The fourth-order valence-corrected chi connectivity index (χ4v) is 4.28. The molecular formula is C20H30N2O3. The molecule has 1 N–H and O–H groups in total. The molecule has 1 atom stereocenters. The third kappa shape index (κ3) is 4.33. The maximum absolute atomic E-state index is 13.0. The number of likely N-dealkylation sites (tertiary alicyclic amines) is 2. The molecule has 1 aromatic heterocycles. The highest BCUT2D eigenvalue weighted by atomic mass is 16.3. The van der Waals surface area contributed by atoms with E-state index in [4.69, 9.17) is 4.42 Å². The van der Waals surface area contributed by atoms with Crippen LogP contribution in [0.1, 0.15) is 37.9 Å². The van der Waals surface area contributed by atoms with Crippen LogP contribution >= 0.6 is 0 Å². The van der Waals surface area contributed by atoms with E-state index in [0.29, 0.717) is 6.54 Å². The summed E-state index contributed by atoms with van der Waals surface area (Å²) in [7, 11) is 0. The van der Waals surface area contributed by atoms with Crippen molar-refractivity contribution in [3.63, 3.8) is 0 Å². The molecule has 2 fully saturated rings. The number of hydrogen-bond donors (Lipinski definition) is 1. The van der Waals surface area contributed by atoms with E-state index in [0.717, 1.165) is 64.0 Å². The van der Waals surface area contributed by atoms with Gasteiger partial charge >= 0.3 is 0 Å². The van der Waals surface area contributed by atoms with Gasteiger partial charge in [-0.3, -0.25) is 9.69 Å². The van der Waals surface area contributed by atoms with Crippen LogP contribution in [0.5, 0.6) is 0 Å². The van der Waals surface area contributed by atoms with Crippen molar-refractivity contribution in [2.75, 3.05) is 32.8 Å². The molecule has 5 nitrogen and oxygen atoms in total. The van der Waals surface area contributed by atoms with Crippen molar-refractivity contribution in [2.45, 2.75) is 38.6 Å². The average molecular weight is 346 g/mol. The lowest BCUT2D eigenvalue weighted by atomic mass is 9.77. The van der Waals surface area contributed by atoms with Crippen LogP contribution in [-0.2, 0) is 11.3 Å². The SMILES string of the molecule is C=CC[C@]1(CO)CCCN(C(=O)C2CCN(Cc3ccco3)CC2)C1. The second kappa shape index (κ2) is 8.19. The number of rotatable bonds is 6. The van der Waals surface area contributed by atoms with Gasteiger partial charge in [0.05, 0.1) is 19.4 Å². The van der Waals surface area contributed by atoms with Gasteiger partial charge in [0.1, 0.15) is 5.76 Å². The standard InChI is InChI=1S/C20H30N2O3/c1-2-8-20(16-23)9-4-10-22(15-20)19(24)17-6-11-21(12-7-17)14-18-5-3-13-25-18/h2-3,5,13,17,23H,1,4,6-12,14-16H2/t20-/m0/s1. The topological polar surface area (TPSA) is 56.9 Å². The van der Waals surface area contributed by atoms with Crippen LogP contribution in [0, 0.1) is 11.3 Å². The number of carbonyl (C=O) groups excluding carboxylic acids is 1. The second-order valence-electron chi connectivity index (χ2n) is 7.64. The minimum Gasteiger partial charge on any atom is -0.468 e. The van der Waals surface area contributed by atoms with Gasteiger partial charge in [-0.05, 0) is 57.3 Å². The molecule has 138 valence electrons. The Hall–Kier alpha value is -1.59. The summed E-state index contributed by atoms with van der Waals surface area (Å²) >= 11 is 0. The number of carbonyl (C=O) groups is 1. The Labute approximate surface area is 150 Å². The van der Waals surface area contributed by atoms with Crippen molar-refractivity contribution >= 4 is 5.91 Å². The fourth-order valence-electron chi connectivity index (χ4n) is 4.28. The molecule has 2 aliphatic rings. The summed E-state index contributed by atoms with van der Waals surface area (Å²) in [5, 5.41) is 9.84. The third-order valence-corrected chi connectivity index (χ3v) is 5.78. The third-order valence-electron chi connectivity index (χ3n) is 5.78. The number of piperidine rings is 2. The first-order chi connectivity index (χ1) is 12.2. The molecule has 1 amide bonds. The Morgan fingerprint density at radius 1 is 1.40 bits per heavy atom. The minimum absolute atomic E-state index is 0.117. The number of aliphatic hydroxyl groups excluding tert-OH is 1. The Morgan fingerprint density at radius 2 is 2.20 bits per heavy atom. The Balaban J connectivity index is 1.52. The highest BCUT2D eigenvalue weighted by Crippen LogP contribution is 2.34. The zero-order chi connectivity index (χ0) is 17.7. The normalized spacial score (nSPS) is 25.9. The first-order valence-electron chi connectivity index (χ1n) is 9.41. The Kier molecular flexibility index (Phi) is 5.97. The lowest BCUT2D eigenvalue weighted by molar-refractivity contribution is -0.141. The van der Waals surface area contributed by atoms with Crippen molar-refractivity contribution in [1.29, 1.82) is 0 Å². The Morgan fingerprint density at radius 3 is 2.84 bits per heavy atom. The zero-order valence-corrected chi connectivity index (χ0v) is 15.0. The molecule has 3 heterocycles. The van der Waals surface area contributed by atoms with Crippen LogP contribution < -0.4 is 0 Å². The smallest absolute Gasteiger partial charge is 0.225 e. The van der Waals surface area contributed by atoms with Crippen LogP contribution in [0.3, 0.4) is 0 Å². The molecule has 1 aromatic rings. The second-order valence-corrected chi connectivity index (χ2v) is 7.64. The number of hydrogen-bond acceptors (Lipinski definition) is 4. The molecule has 0 radical (unpaired) electrons. The van der Waals surface area contributed by atoms with Crippen LogP contribution in [0.15, 0.2) is 35.5 Å². The van der Waals surface area contributed by atoms with E-state index in [9.17, 15) is 9.90 Å². The van der Waals surface area contributed by atoms with Crippen LogP contribution in [-0.4, -0.2) is 53.6 Å². The van der Waals surface area contributed by atoms with Gasteiger partial charge < -0.3 is 14.4 Å². The van der Waals surface area contributed by atoms with Gasteiger partial charge in [-0.25, -0.2) is 0 Å². The van der Waals surface area contributed by atoms with Gasteiger partial charge in [0.2, 0.25) is 5.91 Å². The van der Waals surface area contributed by atoms with Crippen molar-refractivity contribution in [2.24, 2.45) is 11.3 Å². The summed E-state index contributed by atoms with van der Waals surface area (Å²) in [6.45, 7) is 8.13. The molecule has 0 spiro atoms. The number of nitrogens with zero attached hydrogens (tertiary/aromatic N) is 2. The van der Waals surface area contributed by atoms with Crippen LogP contribution in [0.2, 0.25) is 0 Å². The van der Waals surface area contributed by atoms with E-state index in [-0.39, 0.29) is 23.8 Å². The van der Waals surface area contributed by atoms with Crippen molar-refractivity contribution < 1.29 is 14.3 Å². The van der Waals surface area contributed by atoms with E-state index in [1.165, 1.54) is 0 Å². The highest BCUT2D eigenvalue weighted by Gasteiger charge is 2.38. The minimum atomic E-state index is -0.185. The largest absolute Gasteiger partial charge is 0.468 e. The molecule has 2 saturated heterocycles. The van der Waals surface area contributed by atoms with E-state index < -0.39 is 0 Å². The van der Waals surface area contributed by atoms with E-state index in [1.807, 2.05) is 23.1 Å². The molecule has 0 saturated carbocycles. The summed E-state index contributed by atoms with van der Waals surface area (Å²) in [5.41, 5.74) is -0.185. The maximum Gasteiger partial charge on any atom is 0.225 e. The number of allylic oxidation sites excluding steroid dienone is 1. The Bertz CT molecular complexity index is 564. The van der Waals surface area contributed by atoms with Gasteiger partial charge in [-0.1, -0.05) is 6.08 Å². The summed E-state index contributed by atoms with van der Waals surface area (Å²) in [6.07, 6.45) is 8.11. The highest BCUT2D eigenvalue weighted by molar-refractivity contribution is 5.79. The molecule has 3 rings (SSSR count). The molecule has 25 heavy (non-hydrogen) atoms. The summed E-state index contributed by atoms with van der Waals surface area (Å²) in [6, 6.07) is 3.91. The molecule has 0 aliphatic carbocycles. The number of aliphatic hydroxyl groups is 1. The summed E-state index contributed by atoms with van der Waals surface area (Å²) in [4.78, 5) is 17.3. The molecule has 2 aliphatic heterocycles. The molecular weight excluding hydrogens is 316 g/mol. The van der Waals surface area contributed by atoms with E-state index >= 15 is 0 Å². The molecule has 0 unspecified atom stereocenters. The lowest BCUT2D eigenvalue weighted by Crippen LogP contribution is -2.50. The maximum atomic E-state index is 13.0.